The number of methoxy groups -OCH3 is 1. The van der Waals surface area contributed by atoms with E-state index in [4.69, 9.17) is 4.74 Å². The summed E-state index contributed by atoms with van der Waals surface area (Å²) in [6.45, 7) is 0. The van der Waals surface area contributed by atoms with E-state index in [-0.39, 0.29) is 5.91 Å². The zero-order chi connectivity index (χ0) is 20.8. The van der Waals surface area contributed by atoms with Gasteiger partial charge in [0.05, 0.1) is 23.5 Å². The minimum atomic E-state index is -0.284. The third-order valence-electron chi connectivity index (χ3n) is 4.25. The van der Waals surface area contributed by atoms with Crippen molar-refractivity contribution in [3.05, 3.63) is 83.7 Å². The Morgan fingerprint density at radius 2 is 2.03 bits per heavy atom. The number of thioether (sulfide) groups is 1. The van der Waals surface area contributed by atoms with E-state index in [1.165, 1.54) is 4.70 Å². The third kappa shape index (κ3) is 4.84. The molecule has 0 unspecified atom stereocenters. The Kier molecular flexibility index (Phi) is 6.36. The maximum atomic E-state index is 12.1. The number of carbonyl (C=O) groups excluding carboxylic acids is 1. The predicted molar refractivity (Wildman–Crippen MR) is 121 cm³/mol. The number of hydrazone groups is 1. The van der Waals surface area contributed by atoms with E-state index in [1.807, 2.05) is 36.4 Å². The first-order chi connectivity index (χ1) is 14.7. The van der Waals surface area contributed by atoms with Crippen molar-refractivity contribution in [2.75, 3.05) is 7.11 Å². The van der Waals surface area contributed by atoms with E-state index >= 15 is 0 Å². The maximum Gasteiger partial charge on any atom is 0.271 e. The number of hydrogen-bond acceptors (Lipinski definition) is 7. The van der Waals surface area contributed by atoms with Crippen LogP contribution in [0.1, 0.15) is 21.5 Å². The molecular formula is C22H18N4O2S2. The Morgan fingerprint density at radius 3 is 2.83 bits per heavy atom. The van der Waals surface area contributed by atoms with Crippen LogP contribution in [0.15, 0.2) is 76.4 Å². The number of para-hydroxylation sites is 1. The van der Waals surface area contributed by atoms with Crippen LogP contribution in [0.25, 0.3) is 10.2 Å². The van der Waals surface area contributed by atoms with Gasteiger partial charge in [0.1, 0.15) is 5.75 Å². The van der Waals surface area contributed by atoms with Gasteiger partial charge in [-0.3, -0.25) is 9.78 Å². The van der Waals surface area contributed by atoms with Crippen LogP contribution >= 0.6 is 23.1 Å². The number of rotatable bonds is 7. The number of nitrogens with one attached hydrogen (secondary N) is 1. The molecule has 4 aromatic rings. The van der Waals surface area contributed by atoms with Gasteiger partial charge in [0.2, 0.25) is 0 Å². The first-order valence-corrected chi connectivity index (χ1v) is 10.9. The average Bonchev–Trinajstić information content (AvgIpc) is 3.21. The van der Waals surface area contributed by atoms with Crippen molar-refractivity contribution < 1.29 is 9.53 Å². The Bertz CT molecular complexity index is 1160. The number of benzene rings is 2. The van der Waals surface area contributed by atoms with Crippen LogP contribution in [0.2, 0.25) is 0 Å². The van der Waals surface area contributed by atoms with Gasteiger partial charge in [0.15, 0.2) is 4.34 Å². The zero-order valence-electron chi connectivity index (χ0n) is 16.1. The standard InChI is InChI=1S/C22H18N4O2S2/c1-28-19-7-6-15(13-24-26-21(27)16-8-10-23-11-9-16)12-17(19)14-29-22-25-18-4-2-3-5-20(18)30-22/h2-13H,14H2,1H3,(H,26,27)/b24-13+. The molecule has 30 heavy (non-hydrogen) atoms. The zero-order valence-corrected chi connectivity index (χ0v) is 17.7. The molecule has 0 atom stereocenters. The number of ether oxygens (including phenoxy) is 1. The summed E-state index contributed by atoms with van der Waals surface area (Å²) in [6, 6.07) is 17.2. The molecule has 0 saturated carbocycles. The normalized spacial score (nSPS) is 11.1. The van der Waals surface area contributed by atoms with Crippen molar-refractivity contribution in [2.45, 2.75) is 10.1 Å². The fraction of sp³-hybridized carbons (Fsp3) is 0.0909. The third-order valence-corrected chi connectivity index (χ3v) is 6.48. The molecular weight excluding hydrogens is 416 g/mol. The molecule has 1 amide bonds. The van der Waals surface area contributed by atoms with Gasteiger partial charge in [-0.05, 0) is 48.0 Å². The molecule has 2 aromatic carbocycles. The number of amides is 1. The molecule has 8 heteroatoms. The fourth-order valence-electron chi connectivity index (χ4n) is 2.78. The lowest BCUT2D eigenvalue weighted by atomic mass is 10.1. The topological polar surface area (TPSA) is 76.5 Å². The minimum Gasteiger partial charge on any atom is -0.496 e. The maximum absolute atomic E-state index is 12.1. The smallest absolute Gasteiger partial charge is 0.271 e. The summed E-state index contributed by atoms with van der Waals surface area (Å²) in [5, 5.41) is 4.06. The van der Waals surface area contributed by atoms with Crippen molar-refractivity contribution in [3.63, 3.8) is 0 Å². The van der Waals surface area contributed by atoms with Crippen molar-refractivity contribution in [1.29, 1.82) is 0 Å². The lowest BCUT2D eigenvalue weighted by molar-refractivity contribution is 0.0955. The number of fused-ring (bicyclic) bond motifs is 1. The van der Waals surface area contributed by atoms with E-state index in [0.717, 1.165) is 26.7 Å². The van der Waals surface area contributed by atoms with Crippen molar-refractivity contribution in [3.8, 4) is 5.75 Å². The molecule has 2 aromatic heterocycles. The number of carbonyl (C=O) groups is 1. The van der Waals surface area contributed by atoms with Gasteiger partial charge in [-0.2, -0.15) is 5.10 Å². The molecule has 0 aliphatic rings. The van der Waals surface area contributed by atoms with Crippen molar-refractivity contribution >= 4 is 45.4 Å². The molecule has 150 valence electrons. The lowest BCUT2D eigenvalue weighted by Crippen LogP contribution is -2.17. The summed E-state index contributed by atoms with van der Waals surface area (Å²) >= 11 is 3.35. The molecule has 2 heterocycles. The van der Waals surface area contributed by atoms with Crippen LogP contribution in [-0.4, -0.2) is 29.2 Å². The second-order valence-corrected chi connectivity index (χ2v) is 8.50. The molecule has 0 spiro atoms. The van der Waals surface area contributed by atoms with Gasteiger partial charge >= 0.3 is 0 Å². The van der Waals surface area contributed by atoms with Crippen LogP contribution in [0.5, 0.6) is 5.75 Å². The SMILES string of the molecule is COc1ccc(/C=N/NC(=O)c2ccncc2)cc1CSc1nc2ccccc2s1. The molecule has 1 N–H and O–H groups in total. The first-order valence-electron chi connectivity index (χ1n) is 9.11. The van der Waals surface area contributed by atoms with E-state index in [0.29, 0.717) is 11.3 Å². The highest BCUT2D eigenvalue weighted by molar-refractivity contribution is 8.00. The van der Waals surface area contributed by atoms with E-state index in [2.05, 4.69) is 26.6 Å². The second kappa shape index (κ2) is 9.51. The lowest BCUT2D eigenvalue weighted by Gasteiger charge is -2.08. The minimum absolute atomic E-state index is 0.284. The van der Waals surface area contributed by atoms with E-state index in [9.17, 15) is 4.79 Å². The van der Waals surface area contributed by atoms with Crippen LogP contribution < -0.4 is 10.2 Å². The van der Waals surface area contributed by atoms with Gasteiger partial charge < -0.3 is 4.74 Å². The molecule has 0 saturated heterocycles. The van der Waals surface area contributed by atoms with Gasteiger partial charge in [-0.15, -0.1) is 11.3 Å². The van der Waals surface area contributed by atoms with Crippen LogP contribution in [0.3, 0.4) is 0 Å². The van der Waals surface area contributed by atoms with E-state index < -0.39 is 0 Å². The van der Waals surface area contributed by atoms with Crippen LogP contribution in [0, 0.1) is 0 Å². The predicted octanol–water partition coefficient (Wildman–Crippen LogP) is 4.76. The number of pyridine rings is 1. The second-order valence-electron chi connectivity index (χ2n) is 6.24. The number of thiazole rings is 1. The Morgan fingerprint density at radius 1 is 1.20 bits per heavy atom. The molecule has 4 rings (SSSR count). The Labute approximate surface area is 182 Å². The Balaban J connectivity index is 1.44. The summed E-state index contributed by atoms with van der Waals surface area (Å²) < 4.78 is 7.69. The quantitative estimate of drug-likeness (QED) is 0.258. The summed E-state index contributed by atoms with van der Waals surface area (Å²) in [5.41, 5.74) is 5.95. The van der Waals surface area contributed by atoms with Crippen molar-refractivity contribution in [1.82, 2.24) is 15.4 Å². The molecule has 0 fully saturated rings. The molecule has 0 bridgehead atoms. The monoisotopic (exact) mass is 434 g/mol. The summed E-state index contributed by atoms with van der Waals surface area (Å²) in [5.74, 6) is 1.24. The molecule has 6 nitrogen and oxygen atoms in total. The number of hydrogen-bond donors (Lipinski definition) is 1. The summed E-state index contributed by atoms with van der Waals surface area (Å²) in [4.78, 5) is 20.6. The number of aromatic nitrogens is 2. The van der Waals surface area contributed by atoms with Crippen LogP contribution in [-0.2, 0) is 5.75 Å². The Hall–Kier alpha value is -3.23. The van der Waals surface area contributed by atoms with E-state index in [1.54, 1.807) is 60.9 Å². The summed E-state index contributed by atoms with van der Waals surface area (Å²) in [7, 11) is 1.66. The van der Waals surface area contributed by atoms with Gasteiger partial charge in [-0.25, -0.2) is 10.4 Å². The largest absolute Gasteiger partial charge is 0.496 e. The van der Waals surface area contributed by atoms with Gasteiger partial charge in [0, 0.05) is 29.3 Å². The number of nitrogens with zero attached hydrogens (tertiary/aromatic N) is 3. The van der Waals surface area contributed by atoms with Crippen LogP contribution in [0.4, 0.5) is 0 Å². The van der Waals surface area contributed by atoms with Gasteiger partial charge in [0.25, 0.3) is 5.91 Å². The first kappa shape index (κ1) is 20.1. The van der Waals surface area contributed by atoms with Gasteiger partial charge in [-0.1, -0.05) is 23.9 Å². The highest BCUT2D eigenvalue weighted by Crippen LogP contribution is 2.33. The molecule has 0 radical (unpaired) electrons. The highest BCUT2D eigenvalue weighted by Gasteiger charge is 2.09. The van der Waals surface area contributed by atoms with Crippen molar-refractivity contribution in [2.24, 2.45) is 5.10 Å². The summed E-state index contributed by atoms with van der Waals surface area (Å²) in [6.07, 6.45) is 4.75. The molecule has 0 aliphatic carbocycles. The highest BCUT2D eigenvalue weighted by atomic mass is 32.2. The average molecular weight is 435 g/mol. The molecule has 0 aliphatic heterocycles. The fourth-order valence-corrected chi connectivity index (χ4v) is 4.82.